The molecule has 0 spiro atoms. The normalized spacial score (nSPS) is 21.4. The standard InChI is InChI=1S/C32H37NO3/c1-7-36-22-14-12-21(13-15-22)33-24-16-31(3,4)18-26(34)29(24)28(23-11-9-8-10-20(23)2)30-25(33)17-32(5,6)19-27(30)35/h8-15,28H,7,16-19H2,1-6H3. The molecule has 0 radical (unpaired) electrons. The van der Waals surface area contributed by atoms with Crippen LogP contribution in [0.2, 0.25) is 0 Å². The summed E-state index contributed by atoms with van der Waals surface area (Å²) in [5.41, 5.74) is 6.60. The molecule has 4 heteroatoms. The van der Waals surface area contributed by atoms with E-state index in [1.54, 1.807) is 0 Å². The average Bonchev–Trinajstić information content (AvgIpc) is 2.78. The molecule has 0 unspecified atom stereocenters. The molecule has 0 atom stereocenters. The van der Waals surface area contributed by atoms with Crippen LogP contribution in [-0.2, 0) is 9.59 Å². The smallest absolute Gasteiger partial charge is 0.162 e. The number of aryl methyl sites for hydroxylation is 1. The largest absolute Gasteiger partial charge is 0.494 e. The molecule has 2 aromatic rings. The van der Waals surface area contributed by atoms with Crippen LogP contribution in [0.15, 0.2) is 71.1 Å². The van der Waals surface area contributed by atoms with Crippen LogP contribution >= 0.6 is 0 Å². The zero-order chi connectivity index (χ0) is 25.8. The minimum Gasteiger partial charge on any atom is -0.494 e. The molecule has 0 bridgehead atoms. The monoisotopic (exact) mass is 483 g/mol. The molecule has 0 fully saturated rings. The molecule has 0 aromatic heterocycles. The van der Waals surface area contributed by atoms with E-state index < -0.39 is 0 Å². The lowest BCUT2D eigenvalue weighted by Crippen LogP contribution is -2.44. The lowest BCUT2D eigenvalue weighted by molar-refractivity contribution is -0.119. The summed E-state index contributed by atoms with van der Waals surface area (Å²) in [6, 6.07) is 16.3. The SMILES string of the molecule is CCOc1ccc(N2C3=C(C(=O)CC(C)(C)C3)C(c3ccccc3C)C3=C2CC(C)(C)CC3=O)cc1. The third kappa shape index (κ3) is 4.21. The maximum absolute atomic E-state index is 13.9. The van der Waals surface area contributed by atoms with E-state index in [0.29, 0.717) is 19.4 Å². The third-order valence-electron chi connectivity index (χ3n) is 7.82. The first kappa shape index (κ1) is 24.5. The molecule has 5 rings (SSSR count). The summed E-state index contributed by atoms with van der Waals surface area (Å²) in [6.45, 7) is 13.4. The summed E-state index contributed by atoms with van der Waals surface area (Å²) in [6.07, 6.45) is 2.56. The number of hydrogen-bond acceptors (Lipinski definition) is 4. The van der Waals surface area contributed by atoms with Gasteiger partial charge < -0.3 is 9.64 Å². The van der Waals surface area contributed by atoms with E-state index in [0.717, 1.165) is 57.9 Å². The Morgan fingerprint density at radius 3 is 1.83 bits per heavy atom. The number of hydrogen-bond donors (Lipinski definition) is 0. The molecule has 1 heterocycles. The Balaban J connectivity index is 1.80. The van der Waals surface area contributed by atoms with Gasteiger partial charge in [0.25, 0.3) is 0 Å². The quantitative estimate of drug-likeness (QED) is 0.458. The summed E-state index contributed by atoms with van der Waals surface area (Å²) in [5, 5.41) is 0. The molecule has 0 saturated carbocycles. The zero-order valence-electron chi connectivity index (χ0n) is 22.4. The van der Waals surface area contributed by atoms with Crippen LogP contribution in [0.3, 0.4) is 0 Å². The number of carbonyl (C=O) groups excluding carboxylic acids is 2. The maximum atomic E-state index is 13.9. The van der Waals surface area contributed by atoms with Gasteiger partial charge in [-0.1, -0.05) is 52.0 Å². The molecule has 3 aliphatic rings. The molecule has 4 nitrogen and oxygen atoms in total. The van der Waals surface area contributed by atoms with Crippen LogP contribution in [-0.4, -0.2) is 18.2 Å². The highest BCUT2D eigenvalue weighted by atomic mass is 16.5. The number of benzene rings is 2. The highest BCUT2D eigenvalue weighted by Gasteiger charge is 2.49. The Hall–Kier alpha value is -3.14. The van der Waals surface area contributed by atoms with E-state index in [4.69, 9.17) is 4.74 Å². The van der Waals surface area contributed by atoms with Crippen LogP contribution in [0.1, 0.15) is 77.3 Å². The van der Waals surface area contributed by atoms with Gasteiger partial charge in [-0.05, 0) is 72.9 Å². The number of ether oxygens (including phenoxy) is 1. The van der Waals surface area contributed by atoms with Crippen molar-refractivity contribution in [3.63, 3.8) is 0 Å². The van der Waals surface area contributed by atoms with Crippen molar-refractivity contribution in [2.45, 2.75) is 73.1 Å². The fraction of sp³-hybridized carbons (Fsp3) is 0.438. The van der Waals surface area contributed by atoms with E-state index in [1.807, 2.05) is 31.2 Å². The summed E-state index contributed by atoms with van der Waals surface area (Å²) in [5.74, 6) is 0.839. The second-order valence-corrected chi connectivity index (χ2v) is 12.2. The lowest BCUT2D eigenvalue weighted by Gasteiger charge is -2.49. The Morgan fingerprint density at radius 1 is 0.806 bits per heavy atom. The molecule has 0 N–H and O–H groups in total. The number of Topliss-reactive ketones (excluding diaryl/α,β-unsaturated/α-hetero) is 2. The molecule has 2 aliphatic carbocycles. The predicted octanol–water partition coefficient (Wildman–Crippen LogP) is 7.28. The third-order valence-corrected chi connectivity index (χ3v) is 7.82. The van der Waals surface area contributed by atoms with Gasteiger partial charge in [-0.15, -0.1) is 0 Å². The van der Waals surface area contributed by atoms with E-state index in [-0.39, 0.29) is 28.3 Å². The van der Waals surface area contributed by atoms with Crippen molar-refractivity contribution in [1.82, 2.24) is 0 Å². The van der Waals surface area contributed by atoms with E-state index in [9.17, 15) is 9.59 Å². The zero-order valence-corrected chi connectivity index (χ0v) is 22.4. The van der Waals surface area contributed by atoms with Crippen molar-refractivity contribution in [2.24, 2.45) is 10.8 Å². The second-order valence-electron chi connectivity index (χ2n) is 12.2. The van der Waals surface area contributed by atoms with Crippen LogP contribution in [0, 0.1) is 17.8 Å². The summed E-state index contributed by atoms with van der Waals surface area (Å²) in [4.78, 5) is 30.1. The fourth-order valence-corrected chi connectivity index (χ4v) is 6.36. The van der Waals surface area contributed by atoms with Crippen LogP contribution in [0.5, 0.6) is 5.75 Å². The minimum absolute atomic E-state index is 0.151. The summed E-state index contributed by atoms with van der Waals surface area (Å²) in [7, 11) is 0. The highest BCUT2D eigenvalue weighted by Crippen LogP contribution is 2.55. The maximum Gasteiger partial charge on any atom is 0.162 e. The molecule has 188 valence electrons. The highest BCUT2D eigenvalue weighted by molar-refractivity contribution is 6.08. The number of ketones is 2. The van der Waals surface area contributed by atoms with Gasteiger partial charge in [0.2, 0.25) is 0 Å². The van der Waals surface area contributed by atoms with Crippen molar-refractivity contribution in [3.05, 3.63) is 82.2 Å². The first-order chi connectivity index (χ1) is 17.0. The van der Waals surface area contributed by atoms with Crippen molar-refractivity contribution < 1.29 is 14.3 Å². The minimum atomic E-state index is -0.303. The van der Waals surface area contributed by atoms with Crippen molar-refractivity contribution in [3.8, 4) is 5.75 Å². The Morgan fingerprint density at radius 2 is 1.33 bits per heavy atom. The van der Waals surface area contributed by atoms with E-state index >= 15 is 0 Å². The second kappa shape index (κ2) is 8.76. The van der Waals surface area contributed by atoms with Crippen molar-refractivity contribution >= 4 is 17.3 Å². The van der Waals surface area contributed by atoms with Crippen LogP contribution in [0.4, 0.5) is 5.69 Å². The summed E-state index contributed by atoms with van der Waals surface area (Å²) >= 11 is 0. The van der Waals surface area contributed by atoms with Gasteiger partial charge in [0, 0.05) is 47.0 Å². The molecule has 36 heavy (non-hydrogen) atoms. The Bertz CT molecular complexity index is 1240. The topological polar surface area (TPSA) is 46.6 Å². The number of allylic oxidation sites excluding steroid dienone is 4. The van der Waals surface area contributed by atoms with Crippen molar-refractivity contribution in [1.29, 1.82) is 0 Å². The van der Waals surface area contributed by atoms with Gasteiger partial charge in [-0.3, -0.25) is 9.59 Å². The molecule has 2 aromatic carbocycles. The van der Waals surface area contributed by atoms with Gasteiger partial charge in [0.1, 0.15) is 5.75 Å². The van der Waals surface area contributed by atoms with Crippen LogP contribution in [0.25, 0.3) is 0 Å². The van der Waals surface area contributed by atoms with E-state index in [2.05, 4.69) is 63.8 Å². The lowest BCUT2D eigenvalue weighted by atomic mass is 9.63. The van der Waals surface area contributed by atoms with Gasteiger partial charge in [-0.2, -0.15) is 0 Å². The van der Waals surface area contributed by atoms with Gasteiger partial charge >= 0.3 is 0 Å². The molecule has 1 aliphatic heterocycles. The van der Waals surface area contributed by atoms with Crippen LogP contribution < -0.4 is 9.64 Å². The van der Waals surface area contributed by atoms with Gasteiger partial charge in [-0.25, -0.2) is 0 Å². The molecular formula is C32H37NO3. The summed E-state index contributed by atoms with van der Waals surface area (Å²) < 4.78 is 5.70. The molecule has 0 amide bonds. The molecule has 0 saturated heterocycles. The van der Waals surface area contributed by atoms with Gasteiger partial charge in [0.05, 0.1) is 6.61 Å². The number of anilines is 1. The number of rotatable bonds is 4. The predicted molar refractivity (Wildman–Crippen MR) is 144 cm³/mol. The van der Waals surface area contributed by atoms with Crippen molar-refractivity contribution in [2.75, 3.05) is 11.5 Å². The van der Waals surface area contributed by atoms with E-state index in [1.165, 1.54) is 0 Å². The first-order valence-corrected chi connectivity index (χ1v) is 13.1. The van der Waals surface area contributed by atoms with Gasteiger partial charge in [0.15, 0.2) is 11.6 Å². The average molecular weight is 484 g/mol. The first-order valence-electron chi connectivity index (χ1n) is 13.1. The fourth-order valence-electron chi connectivity index (χ4n) is 6.36. The Labute approximate surface area is 215 Å². The number of nitrogens with zero attached hydrogens (tertiary/aromatic N) is 1. The number of carbonyl (C=O) groups is 2. The Kier molecular flexibility index (Phi) is 5.97. The molecular weight excluding hydrogens is 446 g/mol.